The minimum Gasteiger partial charge on any atom is -0.321 e. The van der Waals surface area contributed by atoms with Crippen LogP contribution in [0.1, 0.15) is 4.88 Å². The molecule has 0 radical (unpaired) electrons. The van der Waals surface area contributed by atoms with Crippen molar-refractivity contribution >= 4 is 73.1 Å². The molecular weight excluding hydrogens is 469 g/mol. The van der Waals surface area contributed by atoms with Gasteiger partial charge in [-0.15, -0.1) is 11.3 Å². The Morgan fingerprint density at radius 3 is 2.69 bits per heavy atom. The number of hydrogen-bond acceptors (Lipinski definition) is 4. The van der Waals surface area contributed by atoms with Gasteiger partial charge in [0.25, 0.3) is 17.2 Å². The van der Waals surface area contributed by atoms with Gasteiger partial charge in [0.2, 0.25) is 0 Å². The summed E-state index contributed by atoms with van der Waals surface area (Å²) < 4.78 is 36.6. The van der Waals surface area contributed by atoms with Gasteiger partial charge in [0.1, 0.15) is 11.5 Å². The van der Waals surface area contributed by atoms with E-state index in [-0.39, 0.29) is 22.1 Å². The van der Waals surface area contributed by atoms with E-state index in [4.69, 9.17) is 16.2 Å². The number of hydrogen-bond donors (Lipinski definition) is 3. The minimum atomic E-state index is -2.33. The van der Waals surface area contributed by atoms with Gasteiger partial charge >= 0.3 is 0 Å². The summed E-state index contributed by atoms with van der Waals surface area (Å²) in [6, 6.07) is 7.23. The van der Waals surface area contributed by atoms with Gasteiger partial charge in [0.05, 0.1) is 19.4 Å². The Bertz CT molecular complexity index is 917. The highest BCUT2D eigenvalue weighted by Gasteiger charge is 2.14. The first kappa shape index (κ1) is 20.7. The van der Waals surface area contributed by atoms with Crippen LogP contribution in [0.15, 0.2) is 45.2 Å². The molecule has 0 bridgehead atoms. The van der Waals surface area contributed by atoms with Gasteiger partial charge in [-0.3, -0.25) is 19.1 Å². The van der Waals surface area contributed by atoms with Crippen LogP contribution < -0.4 is 10.0 Å². The number of carbonyl (C=O) groups is 1. The molecule has 0 saturated carbocycles. The number of anilines is 1. The highest BCUT2D eigenvalue weighted by Crippen LogP contribution is 2.27. The Morgan fingerprint density at radius 2 is 2.15 bits per heavy atom. The SMILES string of the molecule is CN=C(C=C(NS(=O)O)c1ccc(Br)s1)C(=O)Nc1ccc(F)c(Cl)c1. The molecule has 11 heteroatoms. The molecule has 0 fully saturated rings. The molecular formula is C15H12BrClFN3O3S2. The lowest BCUT2D eigenvalue weighted by atomic mass is 10.2. The molecule has 1 amide bonds. The molecule has 0 aliphatic heterocycles. The van der Waals surface area contributed by atoms with E-state index in [9.17, 15) is 13.4 Å². The first-order chi connectivity index (χ1) is 12.3. The summed E-state index contributed by atoms with van der Waals surface area (Å²) in [6.07, 6.45) is 1.34. The van der Waals surface area contributed by atoms with Crippen molar-refractivity contribution in [2.24, 2.45) is 4.99 Å². The van der Waals surface area contributed by atoms with Crippen LogP contribution in [0.3, 0.4) is 0 Å². The molecule has 1 aromatic heterocycles. The summed E-state index contributed by atoms with van der Waals surface area (Å²) >= 11 is 7.97. The molecule has 6 nitrogen and oxygen atoms in total. The third-order valence-electron chi connectivity index (χ3n) is 2.97. The summed E-state index contributed by atoms with van der Waals surface area (Å²) in [5.74, 6) is -1.19. The quantitative estimate of drug-likeness (QED) is 0.430. The van der Waals surface area contributed by atoms with E-state index < -0.39 is 23.0 Å². The van der Waals surface area contributed by atoms with Crippen molar-refractivity contribution in [1.82, 2.24) is 4.72 Å². The van der Waals surface area contributed by atoms with E-state index in [2.05, 4.69) is 31.0 Å². The van der Waals surface area contributed by atoms with Crippen LogP contribution in [-0.2, 0) is 16.1 Å². The zero-order valence-corrected chi connectivity index (χ0v) is 17.1. The number of aliphatic imine (C=N–C) groups is 1. The van der Waals surface area contributed by atoms with Gasteiger partial charge in [0, 0.05) is 12.7 Å². The van der Waals surface area contributed by atoms with Crippen molar-refractivity contribution in [3.63, 3.8) is 0 Å². The molecule has 2 rings (SSSR count). The van der Waals surface area contributed by atoms with Crippen LogP contribution in [0.5, 0.6) is 0 Å². The lowest BCUT2D eigenvalue weighted by molar-refractivity contribution is -0.110. The topological polar surface area (TPSA) is 90.8 Å². The molecule has 0 saturated heterocycles. The number of carbonyl (C=O) groups excluding carboxylic acids is 1. The maximum absolute atomic E-state index is 13.2. The molecule has 0 spiro atoms. The monoisotopic (exact) mass is 479 g/mol. The molecule has 1 heterocycles. The van der Waals surface area contributed by atoms with E-state index in [1.54, 1.807) is 12.1 Å². The van der Waals surface area contributed by atoms with Crippen LogP contribution in [0.2, 0.25) is 5.02 Å². The normalized spacial score (nSPS) is 13.4. The Hall–Kier alpha value is -1.59. The second-order valence-corrected chi connectivity index (χ2v) is 8.28. The summed E-state index contributed by atoms with van der Waals surface area (Å²) in [7, 11) is 1.40. The van der Waals surface area contributed by atoms with Crippen molar-refractivity contribution in [3.05, 3.63) is 55.9 Å². The minimum absolute atomic E-state index is 0.0112. The molecule has 1 aromatic carbocycles. The van der Waals surface area contributed by atoms with Crippen molar-refractivity contribution in [3.8, 4) is 0 Å². The third kappa shape index (κ3) is 5.71. The van der Waals surface area contributed by atoms with Crippen LogP contribution >= 0.6 is 38.9 Å². The van der Waals surface area contributed by atoms with E-state index in [0.717, 1.165) is 9.85 Å². The number of thiophene rings is 1. The average molecular weight is 481 g/mol. The smallest absolute Gasteiger partial charge is 0.273 e. The molecule has 1 unspecified atom stereocenters. The Labute approximate surface area is 168 Å². The largest absolute Gasteiger partial charge is 0.321 e. The fourth-order valence-corrected chi connectivity index (χ4v) is 3.80. The molecule has 26 heavy (non-hydrogen) atoms. The van der Waals surface area contributed by atoms with E-state index in [1.165, 1.54) is 36.6 Å². The molecule has 138 valence electrons. The zero-order valence-electron chi connectivity index (χ0n) is 13.1. The van der Waals surface area contributed by atoms with Crippen molar-refractivity contribution < 1.29 is 17.9 Å². The summed E-state index contributed by atoms with van der Waals surface area (Å²) in [5, 5.41) is 2.41. The van der Waals surface area contributed by atoms with Crippen molar-refractivity contribution in [2.75, 3.05) is 12.4 Å². The van der Waals surface area contributed by atoms with Crippen molar-refractivity contribution in [1.29, 1.82) is 0 Å². The highest BCUT2D eigenvalue weighted by molar-refractivity contribution is 9.11. The zero-order chi connectivity index (χ0) is 19.3. The number of nitrogens with one attached hydrogen (secondary N) is 2. The maximum Gasteiger partial charge on any atom is 0.273 e. The van der Waals surface area contributed by atoms with E-state index >= 15 is 0 Å². The van der Waals surface area contributed by atoms with E-state index in [1.807, 2.05) is 0 Å². The lowest BCUT2D eigenvalue weighted by Gasteiger charge is -2.09. The Morgan fingerprint density at radius 1 is 1.42 bits per heavy atom. The predicted molar refractivity (Wildman–Crippen MR) is 107 cm³/mol. The fraction of sp³-hybridized carbons (Fsp3) is 0.0667. The van der Waals surface area contributed by atoms with Crippen LogP contribution in [-0.4, -0.2) is 27.4 Å². The third-order valence-corrected chi connectivity index (χ3v) is 5.31. The molecule has 3 N–H and O–H groups in total. The number of amides is 1. The maximum atomic E-state index is 13.2. The first-order valence-corrected chi connectivity index (χ1v) is 9.97. The number of halogens is 3. The Balaban J connectivity index is 2.28. The fourth-order valence-electron chi connectivity index (χ4n) is 1.84. The number of rotatable bonds is 6. The summed E-state index contributed by atoms with van der Waals surface area (Å²) in [4.78, 5) is 16.9. The van der Waals surface area contributed by atoms with Crippen molar-refractivity contribution in [2.45, 2.75) is 0 Å². The lowest BCUT2D eigenvalue weighted by Crippen LogP contribution is -2.23. The van der Waals surface area contributed by atoms with Gasteiger partial charge in [-0.1, -0.05) is 11.6 Å². The molecule has 0 aliphatic carbocycles. The van der Waals surface area contributed by atoms with E-state index in [0.29, 0.717) is 4.88 Å². The second-order valence-electron chi connectivity index (χ2n) is 4.70. The van der Waals surface area contributed by atoms with Crippen LogP contribution in [0, 0.1) is 5.82 Å². The van der Waals surface area contributed by atoms with Gasteiger partial charge in [-0.2, -0.15) is 0 Å². The number of nitrogens with zero attached hydrogens (tertiary/aromatic N) is 1. The molecule has 0 aliphatic rings. The second kappa shape index (κ2) is 9.38. The summed E-state index contributed by atoms with van der Waals surface area (Å²) in [6.45, 7) is 0. The van der Waals surface area contributed by atoms with Gasteiger partial charge < -0.3 is 5.32 Å². The van der Waals surface area contributed by atoms with Gasteiger partial charge in [-0.25, -0.2) is 8.60 Å². The first-order valence-electron chi connectivity index (χ1n) is 6.88. The molecule has 1 atom stereocenters. The average Bonchev–Trinajstić information content (AvgIpc) is 3.00. The van der Waals surface area contributed by atoms with Gasteiger partial charge in [-0.05, 0) is 52.3 Å². The number of benzene rings is 1. The Kier molecular flexibility index (Phi) is 7.47. The standard InChI is InChI=1S/C15H12BrClFN3O3S2/c1-19-12(15(22)20-8-2-3-10(18)9(17)6-8)7-11(21-26(23)24)13-4-5-14(16)25-13/h2-7,21H,1H3,(H,20,22)(H,23,24). The highest BCUT2D eigenvalue weighted by atomic mass is 79.9. The molecule has 2 aromatic rings. The van der Waals surface area contributed by atoms with Gasteiger partial charge in [0.15, 0.2) is 0 Å². The van der Waals surface area contributed by atoms with Crippen LogP contribution in [0.25, 0.3) is 5.70 Å². The predicted octanol–water partition coefficient (Wildman–Crippen LogP) is 4.08. The van der Waals surface area contributed by atoms with Crippen LogP contribution in [0.4, 0.5) is 10.1 Å². The summed E-state index contributed by atoms with van der Waals surface area (Å²) in [5.41, 5.74) is 0.521.